The first-order valence-corrected chi connectivity index (χ1v) is 9.71. The Morgan fingerprint density at radius 2 is 1.41 bits per heavy atom. The molecule has 0 fully saturated rings. The van der Waals surface area contributed by atoms with Crippen molar-refractivity contribution < 1.29 is 17.9 Å². The lowest BCUT2D eigenvalue weighted by atomic mass is 10.2. The van der Waals surface area contributed by atoms with Crippen LogP contribution < -0.4 is 9.47 Å². The molecular formula is C21H19NO4S. The van der Waals surface area contributed by atoms with Crippen molar-refractivity contribution in [3.05, 3.63) is 90.0 Å². The molecule has 27 heavy (non-hydrogen) atoms. The molecule has 0 radical (unpaired) electrons. The molecule has 0 atom stereocenters. The summed E-state index contributed by atoms with van der Waals surface area (Å²) in [5, 5.41) is 0. The van der Waals surface area contributed by atoms with E-state index in [-0.39, 0.29) is 10.8 Å². The van der Waals surface area contributed by atoms with Gasteiger partial charge in [0.15, 0.2) is 0 Å². The lowest BCUT2D eigenvalue weighted by molar-refractivity contribution is 0.414. The van der Waals surface area contributed by atoms with Gasteiger partial charge >= 0.3 is 0 Å². The van der Waals surface area contributed by atoms with Crippen molar-refractivity contribution in [1.29, 1.82) is 0 Å². The van der Waals surface area contributed by atoms with Gasteiger partial charge in [0.25, 0.3) is 10.0 Å². The number of nitrogens with zero attached hydrogens (tertiary/aromatic N) is 1. The quantitative estimate of drug-likeness (QED) is 0.490. The molecular weight excluding hydrogens is 362 g/mol. The zero-order chi connectivity index (χ0) is 19.3. The van der Waals surface area contributed by atoms with Crippen LogP contribution in [0, 0.1) is 6.92 Å². The molecule has 0 aromatic heterocycles. The zero-order valence-electron chi connectivity index (χ0n) is 15.0. The number of benzene rings is 3. The van der Waals surface area contributed by atoms with Crippen LogP contribution >= 0.6 is 0 Å². The van der Waals surface area contributed by atoms with Gasteiger partial charge in [-0.2, -0.15) is 8.42 Å². The molecule has 0 saturated carbocycles. The highest BCUT2D eigenvalue weighted by molar-refractivity contribution is 7.90. The van der Waals surface area contributed by atoms with E-state index in [4.69, 9.17) is 9.47 Å². The van der Waals surface area contributed by atoms with E-state index < -0.39 is 10.0 Å². The van der Waals surface area contributed by atoms with Crippen molar-refractivity contribution in [1.82, 2.24) is 0 Å². The van der Waals surface area contributed by atoms with Crippen molar-refractivity contribution in [3.8, 4) is 11.5 Å². The van der Waals surface area contributed by atoms with E-state index in [0.29, 0.717) is 17.1 Å². The fourth-order valence-electron chi connectivity index (χ4n) is 2.34. The highest BCUT2D eigenvalue weighted by Crippen LogP contribution is 2.20. The maximum atomic E-state index is 12.7. The van der Waals surface area contributed by atoms with Gasteiger partial charge < -0.3 is 9.47 Å². The van der Waals surface area contributed by atoms with Gasteiger partial charge in [0.05, 0.1) is 12.0 Å². The van der Waals surface area contributed by atoms with E-state index in [0.717, 1.165) is 5.56 Å². The topological polar surface area (TPSA) is 65.0 Å². The maximum absolute atomic E-state index is 12.7. The molecule has 0 N–H and O–H groups in total. The number of hydrogen-bond donors (Lipinski definition) is 0. The normalized spacial score (nSPS) is 11.9. The molecule has 0 aliphatic carbocycles. The number of aryl methyl sites for hydroxylation is 1. The summed E-state index contributed by atoms with van der Waals surface area (Å²) in [6.45, 7) is 1.89. The Kier molecular flexibility index (Phi) is 5.57. The molecule has 3 aromatic carbocycles. The third-order valence-corrected chi connectivity index (χ3v) is 5.09. The van der Waals surface area contributed by atoms with Gasteiger partial charge in [-0.15, -0.1) is 4.40 Å². The fourth-order valence-corrected chi connectivity index (χ4v) is 3.28. The summed E-state index contributed by atoms with van der Waals surface area (Å²) in [7, 11) is -2.35. The molecule has 3 rings (SSSR count). The molecule has 6 heteroatoms. The highest BCUT2D eigenvalue weighted by atomic mass is 32.2. The molecule has 0 spiro atoms. The molecule has 0 aliphatic heterocycles. The Morgan fingerprint density at radius 1 is 0.815 bits per heavy atom. The van der Waals surface area contributed by atoms with Gasteiger partial charge in [0.1, 0.15) is 11.5 Å². The molecule has 138 valence electrons. The summed E-state index contributed by atoms with van der Waals surface area (Å²) in [5.41, 5.74) is 1.53. The largest absolute Gasteiger partial charge is 0.497 e. The van der Waals surface area contributed by atoms with E-state index in [2.05, 4.69) is 4.40 Å². The number of sulfonamides is 1. The van der Waals surface area contributed by atoms with E-state index in [9.17, 15) is 8.42 Å². The summed E-state index contributed by atoms with van der Waals surface area (Å²) in [6.07, 6.45) is 0. The standard InChI is InChI=1S/C21H19NO4S/c1-16-8-14-20(15-9-16)27(23,24)22-21(17-6-4-3-5-7-17)26-19-12-10-18(25-2)11-13-19/h3-15H,1-2H3/b22-21+. The van der Waals surface area contributed by atoms with Crippen molar-refractivity contribution >= 4 is 15.9 Å². The van der Waals surface area contributed by atoms with E-state index in [1.54, 1.807) is 67.8 Å². The van der Waals surface area contributed by atoms with Crippen LogP contribution in [0.4, 0.5) is 0 Å². The number of ether oxygens (including phenoxy) is 2. The molecule has 5 nitrogen and oxygen atoms in total. The lowest BCUT2D eigenvalue weighted by Crippen LogP contribution is -2.13. The van der Waals surface area contributed by atoms with Gasteiger partial charge in [0.2, 0.25) is 5.90 Å². The number of rotatable bonds is 5. The van der Waals surface area contributed by atoms with Crippen molar-refractivity contribution in [3.63, 3.8) is 0 Å². The molecule has 0 heterocycles. The average Bonchev–Trinajstić information content (AvgIpc) is 2.69. The Hall–Kier alpha value is -3.12. The van der Waals surface area contributed by atoms with Crippen LogP contribution in [0.2, 0.25) is 0 Å². The summed E-state index contributed by atoms with van der Waals surface area (Å²) in [4.78, 5) is 0.111. The van der Waals surface area contributed by atoms with Crippen LogP contribution in [-0.4, -0.2) is 21.4 Å². The highest BCUT2D eigenvalue weighted by Gasteiger charge is 2.17. The predicted molar refractivity (Wildman–Crippen MR) is 105 cm³/mol. The van der Waals surface area contributed by atoms with E-state index in [1.165, 1.54) is 12.1 Å². The summed E-state index contributed by atoms with van der Waals surface area (Å²) >= 11 is 0. The minimum absolute atomic E-state index is 0.00124. The predicted octanol–water partition coefficient (Wildman–Crippen LogP) is 4.22. The molecule has 0 unspecified atom stereocenters. The Bertz CT molecular complexity index is 1030. The van der Waals surface area contributed by atoms with E-state index >= 15 is 0 Å². The second-order valence-electron chi connectivity index (χ2n) is 5.83. The molecule has 0 bridgehead atoms. The first-order valence-electron chi connectivity index (χ1n) is 8.27. The first kappa shape index (κ1) is 18.7. The van der Waals surface area contributed by atoms with Gasteiger partial charge in [-0.3, -0.25) is 0 Å². The lowest BCUT2D eigenvalue weighted by Gasteiger charge is -2.10. The molecule has 0 aliphatic rings. The fraction of sp³-hybridized carbons (Fsp3) is 0.0952. The summed E-state index contributed by atoms with van der Waals surface area (Å²) < 4.78 is 40.3. The average molecular weight is 381 g/mol. The second kappa shape index (κ2) is 8.05. The maximum Gasteiger partial charge on any atom is 0.285 e. The van der Waals surface area contributed by atoms with Gasteiger partial charge in [-0.05, 0) is 55.5 Å². The third-order valence-electron chi connectivity index (χ3n) is 3.82. The monoisotopic (exact) mass is 381 g/mol. The molecule has 0 saturated heterocycles. The number of methoxy groups -OCH3 is 1. The number of hydrogen-bond acceptors (Lipinski definition) is 4. The van der Waals surface area contributed by atoms with Crippen molar-refractivity contribution in [2.45, 2.75) is 11.8 Å². The Balaban J connectivity index is 2.01. The van der Waals surface area contributed by atoms with Crippen LogP contribution in [0.1, 0.15) is 11.1 Å². The minimum Gasteiger partial charge on any atom is -0.497 e. The van der Waals surface area contributed by atoms with E-state index in [1.807, 2.05) is 13.0 Å². The van der Waals surface area contributed by atoms with Crippen LogP contribution in [-0.2, 0) is 10.0 Å². The molecule has 3 aromatic rings. The SMILES string of the molecule is COc1ccc(O/C(=N/S(=O)(=O)c2ccc(C)cc2)c2ccccc2)cc1. The van der Waals surface area contributed by atoms with Crippen LogP contribution in [0.15, 0.2) is 88.2 Å². The smallest absolute Gasteiger partial charge is 0.285 e. The second-order valence-corrected chi connectivity index (χ2v) is 7.43. The van der Waals surface area contributed by atoms with Gasteiger partial charge in [-0.25, -0.2) is 0 Å². The van der Waals surface area contributed by atoms with Gasteiger partial charge in [0, 0.05) is 5.56 Å². The first-order chi connectivity index (χ1) is 13.0. The third kappa shape index (κ3) is 4.74. The Morgan fingerprint density at radius 3 is 2.00 bits per heavy atom. The van der Waals surface area contributed by atoms with Gasteiger partial charge in [-0.1, -0.05) is 35.9 Å². The molecule has 0 amide bonds. The van der Waals surface area contributed by atoms with Crippen molar-refractivity contribution in [2.24, 2.45) is 4.40 Å². The van der Waals surface area contributed by atoms with Crippen LogP contribution in [0.5, 0.6) is 11.5 Å². The summed E-state index contributed by atoms with van der Waals surface area (Å²) in [5.74, 6) is 1.13. The summed E-state index contributed by atoms with van der Waals surface area (Å²) in [6, 6.07) is 22.3. The minimum atomic E-state index is -3.92. The van der Waals surface area contributed by atoms with Crippen LogP contribution in [0.3, 0.4) is 0 Å². The Labute approximate surface area is 159 Å². The van der Waals surface area contributed by atoms with Crippen molar-refractivity contribution in [2.75, 3.05) is 7.11 Å². The zero-order valence-corrected chi connectivity index (χ0v) is 15.8. The van der Waals surface area contributed by atoms with Crippen LogP contribution in [0.25, 0.3) is 0 Å².